The van der Waals surface area contributed by atoms with Gasteiger partial charge >= 0.3 is 0 Å². The third-order valence-corrected chi connectivity index (χ3v) is 5.29. The van der Waals surface area contributed by atoms with Gasteiger partial charge in [0.05, 0.1) is 12.1 Å². The van der Waals surface area contributed by atoms with Crippen LogP contribution in [0.4, 0.5) is 10.2 Å². The first kappa shape index (κ1) is 21.9. The summed E-state index contributed by atoms with van der Waals surface area (Å²) < 4.78 is 26.3. The Morgan fingerprint density at radius 1 is 1.12 bits per heavy atom. The van der Waals surface area contributed by atoms with Crippen molar-refractivity contribution in [3.63, 3.8) is 0 Å². The Bertz CT molecular complexity index is 1240. The van der Waals surface area contributed by atoms with E-state index in [1.54, 1.807) is 25.1 Å². The predicted octanol–water partition coefficient (Wildman–Crippen LogP) is 5.51. The molecule has 0 saturated heterocycles. The summed E-state index contributed by atoms with van der Waals surface area (Å²) in [6, 6.07) is 13.6. The zero-order valence-corrected chi connectivity index (χ0v) is 18.3. The number of halogens is 3. The minimum atomic E-state index is -0.565. The number of aryl methyl sites for hydroxylation is 1. The number of nitrogens with one attached hydrogen (secondary N) is 1. The number of amides is 1. The molecular weight excluding hydrogens is 458 g/mol. The molecule has 0 radical (unpaired) electrons. The number of carbonyl (C=O) groups excluding carboxylic acids is 1. The second-order valence-corrected chi connectivity index (χ2v) is 7.66. The fourth-order valence-corrected chi connectivity index (χ4v) is 3.41. The van der Waals surface area contributed by atoms with E-state index in [0.29, 0.717) is 17.1 Å². The quantitative estimate of drug-likeness (QED) is 0.382. The number of benzene rings is 2. The van der Waals surface area contributed by atoms with Crippen molar-refractivity contribution in [3.8, 4) is 5.75 Å². The highest BCUT2D eigenvalue weighted by molar-refractivity contribution is 6.33. The molecule has 0 aliphatic carbocycles. The first-order valence-electron chi connectivity index (χ1n) is 9.52. The predicted molar refractivity (Wildman–Crippen MR) is 118 cm³/mol. The smallest absolute Gasteiger partial charge is 0.279 e. The van der Waals surface area contributed by atoms with Gasteiger partial charge in [0, 0.05) is 16.8 Å². The number of aromatic nitrogens is 3. The molecule has 7 nitrogen and oxygen atoms in total. The maximum Gasteiger partial charge on any atom is 0.279 e. The third kappa shape index (κ3) is 4.76. The lowest BCUT2D eigenvalue weighted by atomic mass is 10.2. The van der Waals surface area contributed by atoms with Gasteiger partial charge in [0.15, 0.2) is 11.5 Å². The fraction of sp³-hybridized carbons (Fsp3) is 0.136. The van der Waals surface area contributed by atoms with Crippen LogP contribution in [0, 0.1) is 12.7 Å². The highest BCUT2D eigenvalue weighted by Crippen LogP contribution is 2.25. The van der Waals surface area contributed by atoms with Crippen molar-refractivity contribution in [2.45, 2.75) is 20.1 Å². The van der Waals surface area contributed by atoms with Crippen LogP contribution in [-0.2, 0) is 13.2 Å². The molecule has 10 heteroatoms. The van der Waals surface area contributed by atoms with Gasteiger partial charge in [0.1, 0.15) is 29.0 Å². The van der Waals surface area contributed by atoms with E-state index in [9.17, 15) is 9.18 Å². The average molecular weight is 475 g/mol. The van der Waals surface area contributed by atoms with Crippen molar-refractivity contribution in [1.82, 2.24) is 14.9 Å². The lowest BCUT2D eigenvalue weighted by Crippen LogP contribution is -2.16. The second kappa shape index (κ2) is 9.42. The van der Waals surface area contributed by atoms with Gasteiger partial charge in [-0.25, -0.2) is 4.39 Å². The summed E-state index contributed by atoms with van der Waals surface area (Å²) in [6.45, 7) is 1.82. The molecule has 0 fully saturated rings. The molecule has 2 aromatic heterocycles. The van der Waals surface area contributed by atoms with E-state index in [1.807, 2.05) is 18.2 Å². The average Bonchev–Trinajstić information content (AvgIpc) is 3.32. The molecular formula is C22H17Cl2FN4O3. The normalized spacial score (nSPS) is 10.9. The minimum absolute atomic E-state index is 0.0420. The zero-order valence-electron chi connectivity index (χ0n) is 16.8. The molecule has 2 aromatic carbocycles. The highest BCUT2D eigenvalue weighted by atomic mass is 35.5. The zero-order chi connectivity index (χ0) is 22.7. The van der Waals surface area contributed by atoms with Crippen LogP contribution < -0.4 is 10.1 Å². The van der Waals surface area contributed by atoms with Gasteiger partial charge in [-0.3, -0.25) is 9.48 Å². The Morgan fingerprint density at radius 3 is 2.66 bits per heavy atom. The first-order valence-corrected chi connectivity index (χ1v) is 10.3. The SMILES string of the molecule is Cc1onc(C(=O)Nc2nn(Cc3c(F)cccc3Cl)cc2Cl)c1COc1ccccc1. The van der Waals surface area contributed by atoms with Crippen LogP contribution in [0.3, 0.4) is 0 Å². The Labute approximate surface area is 192 Å². The van der Waals surface area contributed by atoms with Crippen LogP contribution in [-0.4, -0.2) is 20.8 Å². The number of anilines is 1. The lowest BCUT2D eigenvalue weighted by molar-refractivity contribution is 0.101. The summed E-state index contributed by atoms with van der Waals surface area (Å²) in [5.74, 6) is 0.171. The molecule has 4 aromatic rings. The van der Waals surface area contributed by atoms with Gasteiger partial charge in [-0.1, -0.05) is 52.6 Å². The van der Waals surface area contributed by atoms with E-state index in [0.717, 1.165) is 0 Å². The van der Waals surface area contributed by atoms with Crippen LogP contribution in [0.5, 0.6) is 5.75 Å². The maximum atomic E-state index is 14.1. The van der Waals surface area contributed by atoms with Crippen molar-refractivity contribution >= 4 is 34.9 Å². The second-order valence-electron chi connectivity index (χ2n) is 6.85. The molecule has 32 heavy (non-hydrogen) atoms. The van der Waals surface area contributed by atoms with E-state index >= 15 is 0 Å². The number of ether oxygens (including phenoxy) is 1. The largest absolute Gasteiger partial charge is 0.489 e. The van der Waals surface area contributed by atoms with E-state index < -0.39 is 11.7 Å². The Morgan fingerprint density at radius 2 is 1.91 bits per heavy atom. The van der Waals surface area contributed by atoms with Gasteiger partial charge < -0.3 is 14.6 Å². The van der Waals surface area contributed by atoms with E-state index in [-0.39, 0.29) is 40.3 Å². The van der Waals surface area contributed by atoms with E-state index in [2.05, 4.69) is 15.6 Å². The highest BCUT2D eigenvalue weighted by Gasteiger charge is 2.22. The number of para-hydroxylation sites is 1. The van der Waals surface area contributed by atoms with Crippen LogP contribution in [0.25, 0.3) is 0 Å². The van der Waals surface area contributed by atoms with Crippen LogP contribution in [0.15, 0.2) is 59.3 Å². The Balaban J connectivity index is 1.49. The number of rotatable bonds is 7. The van der Waals surface area contributed by atoms with Crippen LogP contribution in [0.2, 0.25) is 10.0 Å². The van der Waals surface area contributed by atoms with Gasteiger partial charge in [-0.15, -0.1) is 0 Å². The van der Waals surface area contributed by atoms with Crippen LogP contribution in [0.1, 0.15) is 27.4 Å². The molecule has 0 aliphatic heterocycles. The molecule has 0 aliphatic rings. The van der Waals surface area contributed by atoms with Crippen molar-refractivity contribution in [1.29, 1.82) is 0 Å². The van der Waals surface area contributed by atoms with Gasteiger partial charge in [-0.2, -0.15) is 5.10 Å². The number of hydrogen-bond acceptors (Lipinski definition) is 5. The number of hydrogen-bond donors (Lipinski definition) is 1. The summed E-state index contributed by atoms with van der Waals surface area (Å²) >= 11 is 12.3. The van der Waals surface area contributed by atoms with Crippen molar-refractivity contribution in [2.24, 2.45) is 0 Å². The molecule has 2 heterocycles. The molecule has 164 valence electrons. The van der Waals surface area contributed by atoms with Crippen LogP contribution >= 0.6 is 23.2 Å². The molecule has 0 atom stereocenters. The topological polar surface area (TPSA) is 82.2 Å². The van der Waals surface area contributed by atoms with Crippen molar-refractivity contribution in [2.75, 3.05) is 5.32 Å². The molecule has 1 N–H and O–H groups in total. The maximum absolute atomic E-state index is 14.1. The minimum Gasteiger partial charge on any atom is -0.489 e. The standard InChI is InChI=1S/C22H17Cl2FN4O3/c1-13-16(12-31-14-6-3-2-4-7-14)20(28-32-13)22(30)26-21-18(24)11-29(27-21)10-15-17(23)8-5-9-19(15)25/h2-9,11H,10,12H2,1H3,(H,26,27,30). The number of nitrogens with zero attached hydrogens (tertiary/aromatic N) is 3. The molecule has 0 spiro atoms. The third-order valence-electron chi connectivity index (χ3n) is 4.66. The molecule has 0 unspecified atom stereocenters. The molecule has 4 rings (SSSR count). The Hall–Kier alpha value is -3.36. The lowest BCUT2D eigenvalue weighted by Gasteiger charge is -2.07. The first-order chi connectivity index (χ1) is 15.4. The molecule has 1 amide bonds. The monoisotopic (exact) mass is 474 g/mol. The van der Waals surface area contributed by atoms with Crippen molar-refractivity contribution in [3.05, 3.63) is 93.2 Å². The molecule has 0 saturated carbocycles. The van der Waals surface area contributed by atoms with Gasteiger partial charge in [0.25, 0.3) is 5.91 Å². The fourth-order valence-electron chi connectivity index (χ4n) is 2.99. The molecule has 0 bridgehead atoms. The summed E-state index contributed by atoms with van der Waals surface area (Å²) in [7, 11) is 0. The van der Waals surface area contributed by atoms with Gasteiger partial charge in [-0.05, 0) is 31.2 Å². The number of carbonyl (C=O) groups is 1. The van der Waals surface area contributed by atoms with Crippen molar-refractivity contribution < 1.29 is 18.4 Å². The van der Waals surface area contributed by atoms with E-state index in [4.69, 9.17) is 32.5 Å². The summed E-state index contributed by atoms with van der Waals surface area (Å²) in [5.41, 5.74) is 0.819. The summed E-state index contributed by atoms with van der Waals surface area (Å²) in [6.07, 6.45) is 1.47. The van der Waals surface area contributed by atoms with E-state index in [1.165, 1.54) is 23.0 Å². The van der Waals surface area contributed by atoms with Gasteiger partial charge in [0.2, 0.25) is 0 Å². The Kier molecular flexibility index (Phi) is 6.43. The summed E-state index contributed by atoms with van der Waals surface area (Å²) in [4.78, 5) is 12.8. The summed E-state index contributed by atoms with van der Waals surface area (Å²) in [5, 5.41) is 11.1.